The van der Waals surface area contributed by atoms with E-state index in [4.69, 9.17) is 9.84 Å². The molecule has 4 heteroatoms. The Balaban J connectivity index is 2.07. The molecule has 0 fully saturated rings. The standard InChI is InChI=1S/C13H12O3S/c1-9-10(7-12(17-9)13(14)15)8-16-11-5-3-2-4-6-11/h2-7H,8H2,1H3,(H,14,15). The highest BCUT2D eigenvalue weighted by Gasteiger charge is 2.11. The minimum absolute atomic E-state index is 0.356. The summed E-state index contributed by atoms with van der Waals surface area (Å²) in [5.41, 5.74) is 0.927. The van der Waals surface area contributed by atoms with Gasteiger partial charge in [0.05, 0.1) is 0 Å². The zero-order valence-corrected chi connectivity index (χ0v) is 10.2. The second-order valence-electron chi connectivity index (χ2n) is 3.60. The Morgan fingerprint density at radius 3 is 2.65 bits per heavy atom. The van der Waals surface area contributed by atoms with E-state index in [0.29, 0.717) is 11.5 Å². The molecule has 0 unspecified atom stereocenters. The zero-order chi connectivity index (χ0) is 12.3. The Morgan fingerprint density at radius 2 is 2.06 bits per heavy atom. The van der Waals surface area contributed by atoms with Gasteiger partial charge in [-0.3, -0.25) is 0 Å². The molecule has 17 heavy (non-hydrogen) atoms. The van der Waals surface area contributed by atoms with Crippen LogP contribution in [0.2, 0.25) is 0 Å². The first-order chi connectivity index (χ1) is 8.16. The van der Waals surface area contributed by atoms with Crippen LogP contribution in [-0.2, 0) is 6.61 Å². The number of carboxylic acid groups (broad SMARTS) is 1. The van der Waals surface area contributed by atoms with Crippen molar-refractivity contribution >= 4 is 17.3 Å². The van der Waals surface area contributed by atoms with Gasteiger partial charge in [-0.25, -0.2) is 4.79 Å². The van der Waals surface area contributed by atoms with Gasteiger partial charge in [0, 0.05) is 10.4 Å². The minimum Gasteiger partial charge on any atom is -0.489 e. The van der Waals surface area contributed by atoms with E-state index in [0.717, 1.165) is 16.2 Å². The molecular weight excluding hydrogens is 236 g/mol. The summed E-state index contributed by atoms with van der Waals surface area (Å²) in [6.45, 7) is 2.31. The Bertz CT molecular complexity index is 517. The summed E-state index contributed by atoms with van der Waals surface area (Å²) in [5, 5.41) is 8.88. The predicted molar refractivity (Wildman–Crippen MR) is 66.8 cm³/mol. The van der Waals surface area contributed by atoms with Gasteiger partial charge in [-0.1, -0.05) is 18.2 Å². The van der Waals surface area contributed by atoms with Crippen molar-refractivity contribution in [3.05, 3.63) is 51.7 Å². The van der Waals surface area contributed by atoms with Crippen molar-refractivity contribution in [3.8, 4) is 5.75 Å². The van der Waals surface area contributed by atoms with Gasteiger partial charge in [-0.05, 0) is 25.1 Å². The van der Waals surface area contributed by atoms with Crippen molar-refractivity contribution in [2.45, 2.75) is 13.5 Å². The van der Waals surface area contributed by atoms with E-state index in [1.807, 2.05) is 37.3 Å². The fourth-order valence-corrected chi connectivity index (χ4v) is 2.31. The zero-order valence-electron chi connectivity index (χ0n) is 9.34. The van der Waals surface area contributed by atoms with Crippen molar-refractivity contribution in [3.63, 3.8) is 0 Å². The third kappa shape index (κ3) is 2.85. The van der Waals surface area contributed by atoms with Gasteiger partial charge in [0.2, 0.25) is 0 Å². The van der Waals surface area contributed by atoms with Crippen molar-refractivity contribution < 1.29 is 14.6 Å². The second-order valence-corrected chi connectivity index (χ2v) is 4.86. The molecule has 0 radical (unpaired) electrons. The first kappa shape index (κ1) is 11.7. The summed E-state index contributed by atoms with van der Waals surface area (Å²) < 4.78 is 5.58. The van der Waals surface area contributed by atoms with Gasteiger partial charge in [0.1, 0.15) is 17.2 Å². The molecule has 0 saturated carbocycles. The lowest BCUT2D eigenvalue weighted by Crippen LogP contribution is -1.95. The van der Waals surface area contributed by atoms with Crippen molar-refractivity contribution in [1.82, 2.24) is 0 Å². The SMILES string of the molecule is Cc1sc(C(=O)O)cc1COc1ccccc1. The molecule has 88 valence electrons. The molecule has 1 heterocycles. The average Bonchev–Trinajstić information content (AvgIpc) is 2.70. The maximum atomic E-state index is 10.8. The molecule has 3 nitrogen and oxygen atoms in total. The Kier molecular flexibility index (Phi) is 3.44. The summed E-state index contributed by atoms with van der Waals surface area (Å²) in [6.07, 6.45) is 0. The number of aryl methyl sites for hydroxylation is 1. The van der Waals surface area contributed by atoms with Crippen LogP contribution in [0, 0.1) is 6.92 Å². The molecule has 0 atom stereocenters. The number of carbonyl (C=O) groups is 1. The van der Waals surface area contributed by atoms with Crippen LogP contribution in [0.4, 0.5) is 0 Å². The number of hydrogen-bond acceptors (Lipinski definition) is 3. The molecule has 2 rings (SSSR count). The van der Waals surface area contributed by atoms with Crippen LogP contribution in [0.1, 0.15) is 20.1 Å². The Morgan fingerprint density at radius 1 is 1.35 bits per heavy atom. The number of ether oxygens (including phenoxy) is 1. The van der Waals surface area contributed by atoms with E-state index in [1.54, 1.807) is 6.07 Å². The molecule has 0 spiro atoms. The first-order valence-electron chi connectivity index (χ1n) is 5.17. The monoisotopic (exact) mass is 248 g/mol. The highest BCUT2D eigenvalue weighted by molar-refractivity contribution is 7.14. The van der Waals surface area contributed by atoms with Crippen molar-refractivity contribution in [2.24, 2.45) is 0 Å². The molecule has 0 aliphatic heterocycles. The fourth-order valence-electron chi connectivity index (χ4n) is 1.45. The van der Waals surface area contributed by atoms with Gasteiger partial charge < -0.3 is 9.84 Å². The number of benzene rings is 1. The Hall–Kier alpha value is -1.81. The van der Waals surface area contributed by atoms with Gasteiger partial charge >= 0.3 is 5.97 Å². The van der Waals surface area contributed by atoms with Crippen LogP contribution in [0.5, 0.6) is 5.75 Å². The number of carboxylic acids is 1. The van der Waals surface area contributed by atoms with Gasteiger partial charge in [0.15, 0.2) is 0 Å². The number of thiophene rings is 1. The maximum Gasteiger partial charge on any atom is 0.345 e. The quantitative estimate of drug-likeness (QED) is 0.902. The van der Waals surface area contributed by atoms with Crippen molar-refractivity contribution in [2.75, 3.05) is 0 Å². The molecule has 0 saturated heterocycles. The van der Waals surface area contributed by atoms with E-state index in [-0.39, 0.29) is 0 Å². The molecule has 2 aromatic rings. The topological polar surface area (TPSA) is 46.5 Å². The van der Waals surface area contributed by atoms with Crippen LogP contribution < -0.4 is 4.74 Å². The number of hydrogen-bond donors (Lipinski definition) is 1. The minimum atomic E-state index is -0.885. The summed E-state index contributed by atoms with van der Waals surface area (Å²) in [5.74, 6) is -0.0981. The summed E-state index contributed by atoms with van der Waals surface area (Å²) in [6, 6.07) is 11.1. The van der Waals surface area contributed by atoms with E-state index in [9.17, 15) is 4.79 Å². The highest BCUT2D eigenvalue weighted by Crippen LogP contribution is 2.23. The highest BCUT2D eigenvalue weighted by atomic mass is 32.1. The third-order valence-electron chi connectivity index (χ3n) is 2.37. The smallest absolute Gasteiger partial charge is 0.345 e. The average molecular weight is 248 g/mol. The normalized spacial score (nSPS) is 10.2. The number of para-hydroxylation sites is 1. The van der Waals surface area contributed by atoms with Crippen molar-refractivity contribution in [1.29, 1.82) is 0 Å². The molecule has 0 amide bonds. The summed E-state index contributed by atoms with van der Waals surface area (Å²) in [4.78, 5) is 12.2. The largest absolute Gasteiger partial charge is 0.489 e. The van der Waals surface area contributed by atoms with Crippen LogP contribution in [0.3, 0.4) is 0 Å². The van der Waals surface area contributed by atoms with Gasteiger partial charge in [0.25, 0.3) is 0 Å². The molecule has 0 aliphatic rings. The molecule has 1 N–H and O–H groups in total. The predicted octanol–water partition coefficient (Wildman–Crippen LogP) is 3.33. The van der Waals surface area contributed by atoms with Gasteiger partial charge in [-0.15, -0.1) is 11.3 Å². The third-order valence-corrected chi connectivity index (χ3v) is 3.45. The molecule has 0 bridgehead atoms. The van der Waals surface area contributed by atoms with Crippen LogP contribution >= 0.6 is 11.3 Å². The van der Waals surface area contributed by atoms with E-state index in [2.05, 4.69) is 0 Å². The van der Waals surface area contributed by atoms with Crippen LogP contribution in [0.25, 0.3) is 0 Å². The van der Waals surface area contributed by atoms with E-state index >= 15 is 0 Å². The second kappa shape index (κ2) is 5.01. The Labute approximate surface area is 103 Å². The maximum absolute atomic E-state index is 10.8. The van der Waals surface area contributed by atoms with E-state index < -0.39 is 5.97 Å². The number of aromatic carboxylic acids is 1. The van der Waals surface area contributed by atoms with Crippen LogP contribution in [0.15, 0.2) is 36.4 Å². The fraction of sp³-hybridized carbons (Fsp3) is 0.154. The van der Waals surface area contributed by atoms with E-state index in [1.165, 1.54) is 11.3 Å². The molecule has 1 aromatic heterocycles. The number of rotatable bonds is 4. The first-order valence-corrected chi connectivity index (χ1v) is 5.99. The molecule has 1 aromatic carbocycles. The lowest BCUT2D eigenvalue weighted by Gasteiger charge is -2.04. The molecular formula is C13H12O3S. The summed E-state index contributed by atoms with van der Waals surface area (Å²) >= 11 is 1.28. The van der Waals surface area contributed by atoms with Gasteiger partial charge in [-0.2, -0.15) is 0 Å². The molecule has 0 aliphatic carbocycles. The summed E-state index contributed by atoms with van der Waals surface area (Å²) in [7, 11) is 0. The lowest BCUT2D eigenvalue weighted by molar-refractivity contribution is 0.0702. The lowest BCUT2D eigenvalue weighted by atomic mass is 10.2. The van der Waals surface area contributed by atoms with Crippen LogP contribution in [-0.4, -0.2) is 11.1 Å².